The number of thioether (sulfide) groups is 1. The first-order valence-corrected chi connectivity index (χ1v) is 5.96. The fraction of sp³-hybridized carbons (Fsp3) is 0.417. The molecule has 0 fully saturated rings. The predicted octanol–water partition coefficient (Wildman–Crippen LogP) is 3.21. The summed E-state index contributed by atoms with van der Waals surface area (Å²) in [6, 6.07) is 8.55. The molecule has 1 aromatic carbocycles. The van der Waals surface area contributed by atoms with Crippen molar-refractivity contribution in [2.45, 2.75) is 26.0 Å². The number of ketones is 1. The zero-order valence-corrected chi connectivity index (χ0v) is 9.56. The third kappa shape index (κ3) is 4.47. The summed E-state index contributed by atoms with van der Waals surface area (Å²) < 4.78 is 0. The van der Waals surface area contributed by atoms with Crippen molar-refractivity contribution in [1.82, 2.24) is 0 Å². The van der Waals surface area contributed by atoms with Crippen molar-refractivity contribution < 1.29 is 4.79 Å². The van der Waals surface area contributed by atoms with Crippen LogP contribution in [0, 0.1) is 6.92 Å². The Morgan fingerprint density at radius 3 is 2.50 bits per heavy atom. The van der Waals surface area contributed by atoms with Gasteiger partial charge in [0, 0.05) is 17.9 Å². The number of carbonyl (C=O) groups is 1. The topological polar surface area (TPSA) is 17.1 Å². The van der Waals surface area contributed by atoms with Gasteiger partial charge in [-0.2, -0.15) is 11.8 Å². The van der Waals surface area contributed by atoms with Crippen LogP contribution in [0.3, 0.4) is 0 Å². The van der Waals surface area contributed by atoms with E-state index in [0.717, 1.165) is 11.5 Å². The van der Waals surface area contributed by atoms with Crippen LogP contribution in [0.2, 0.25) is 0 Å². The first-order valence-electron chi connectivity index (χ1n) is 4.81. The van der Waals surface area contributed by atoms with Gasteiger partial charge in [-0.05, 0) is 19.4 Å². The van der Waals surface area contributed by atoms with E-state index in [-0.39, 0.29) is 5.78 Å². The molecule has 0 saturated heterocycles. The van der Waals surface area contributed by atoms with Crippen molar-refractivity contribution >= 4 is 17.5 Å². The standard InChI is InChI=1S/C12H16OS/c1-10-3-5-12(6-4-10)9-14-8-7-11(2)13/h3-6H,7-9H2,1-2H3. The van der Waals surface area contributed by atoms with Gasteiger partial charge < -0.3 is 0 Å². The summed E-state index contributed by atoms with van der Waals surface area (Å²) in [7, 11) is 0. The lowest BCUT2D eigenvalue weighted by atomic mass is 10.2. The third-order valence-electron chi connectivity index (χ3n) is 1.99. The van der Waals surface area contributed by atoms with Crippen LogP contribution in [0.4, 0.5) is 0 Å². The molecule has 0 bridgehead atoms. The minimum Gasteiger partial charge on any atom is -0.300 e. The summed E-state index contributed by atoms with van der Waals surface area (Å²) in [6.07, 6.45) is 0.691. The second-order valence-electron chi connectivity index (χ2n) is 3.49. The highest BCUT2D eigenvalue weighted by atomic mass is 32.2. The largest absolute Gasteiger partial charge is 0.300 e. The maximum atomic E-state index is 10.7. The van der Waals surface area contributed by atoms with Gasteiger partial charge in [0.05, 0.1) is 0 Å². The molecule has 76 valence electrons. The van der Waals surface area contributed by atoms with Crippen molar-refractivity contribution in [1.29, 1.82) is 0 Å². The number of benzene rings is 1. The second kappa shape index (κ2) is 5.86. The summed E-state index contributed by atoms with van der Waals surface area (Å²) in [6.45, 7) is 3.74. The average Bonchev–Trinajstić information content (AvgIpc) is 2.15. The van der Waals surface area contributed by atoms with Gasteiger partial charge in [-0.1, -0.05) is 29.8 Å². The van der Waals surface area contributed by atoms with Crippen LogP contribution in [0.5, 0.6) is 0 Å². The average molecular weight is 208 g/mol. The van der Waals surface area contributed by atoms with E-state index in [2.05, 4.69) is 31.2 Å². The molecule has 0 atom stereocenters. The van der Waals surface area contributed by atoms with E-state index in [9.17, 15) is 4.79 Å². The second-order valence-corrected chi connectivity index (χ2v) is 4.60. The predicted molar refractivity (Wildman–Crippen MR) is 62.6 cm³/mol. The molecule has 0 saturated carbocycles. The summed E-state index contributed by atoms with van der Waals surface area (Å²) in [5, 5.41) is 0. The van der Waals surface area contributed by atoms with Crippen molar-refractivity contribution in [3.63, 3.8) is 0 Å². The van der Waals surface area contributed by atoms with Gasteiger partial charge >= 0.3 is 0 Å². The molecule has 0 aliphatic carbocycles. The Balaban J connectivity index is 2.25. The van der Waals surface area contributed by atoms with Crippen LogP contribution in [-0.2, 0) is 10.5 Å². The molecule has 0 amide bonds. The highest BCUT2D eigenvalue weighted by Crippen LogP contribution is 2.13. The summed E-state index contributed by atoms with van der Waals surface area (Å²) >= 11 is 1.82. The number of Topliss-reactive ketones (excluding diaryl/α,β-unsaturated/α-hetero) is 1. The van der Waals surface area contributed by atoms with Crippen molar-refractivity contribution in [3.8, 4) is 0 Å². The normalized spacial score (nSPS) is 10.1. The Labute approximate surface area is 89.9 Å². The van der Waals surface area contributed by atoms with Gasteiger partial charge in [0.15, 0.2) is 0 Å². The molecule has 0 N–H and O–H groups in total. The van der Waals surface area contributed by atoms with Gasteiger partial charge in [-0.3, -0.25) is 4.79 Å². The number of rotatable bonds is 5. The molecule has 1 nitrogen and oxygen atoms in total. The highest BCUT2D eigenvalue weighted by Gasteiger charge is 1.95. The smallest absolute Gasteiger partial charge is 0.130 e. The molecule has 0 spiro atoms. The Morgan fingerprint density at radius 1 is 1.29 bits per heavy atom. The molecule has 0 radical (unpaired) electrons. The van der Waals surface area contributed by atoms with Crippen LogP contribution in [0.15, 0.2) is 24.3 Å². The number of aryl methyl sites for hydroxylation is 1. The summed E-state index contributed by atoms with van der Waals surface area (Å²) in [5.74, 6) is 2.22. The molecule has 0 aliphatic rings. The number of carbonyl (C=O) groups excluding carboxylic acids is 1. The molecular formula is C12H16OS. The van der Waals surface area contributed by atoms with E-state index in [0.29, 0.717) is 6.42 Å². The monoisotopic (exact) mass is 208 g/mol. The Hall–Kier alpha value is -0.760. The van der Waals surface area contributed by atoms with Crippen LogP contribution in [0.25, 0.3) is 0 Å². The maximum Gasteiger partial charge on any atom is 0.130 e. The first-order chi connectivity index (χ1) is 6.68. The Bertz CT molecular complexity index is 290. The molecule has 0 aromatic heterocycles. The van der Waals surface area contributed by atoms with Crippen LogP contribution in [-0.4, -0.2) is 11.5 Å². The molecule has 0 aliphatic heterocycles. The lowest BCUT2D eigenvalue weighted by molar-refractivity contribution is -0.116. The Kier molecular flexibility index (Phi) is 4.74. The molecule has 0 heterocycles. The van der Waals surface area contributed by atoms with Crippen molar-refractivity contribution in [3.05, 3.63) is 35.4 Å². The van der Waals surface area contributed by atoms with Gasteiger partial charge in [0.2, 0.25) is 0 Å². The molecule has 2 heteroatoms. The van der Waals surface area contributed by atoms with Gasteiger partial charge in [0.1, 0.15) is 5.78 Å². The molecular weight excluding hydrogens is 192 g/mol. The number of hydrogen-bond acceptors (Lipinski definition) is 2. The minimum atomic E-state index is 0.279. The fourth-order valence-corrected chi connectivity index (χ4v) is 2.09. The zero-order chi connectivity index (χ0) is 10.4. The van der Waals surface area contributed by atoms with E-state index >= 15 is 0 Å². The quantitative estimate of drug-likeness (QED) is 0.691. The zero-order valence-electron chi connectivity index (χ0n) is 8.75. The Morgan fingerprint density at radius 2 is 1.93 bits per heavy atom. The lowest BCUT2D eigenvalue weighted by Crippen LogP contribution is -1.92. The lowest BCUT2D eigenvalue weighted by Gasteiger charge is -2.01. The summed E-state index contributed by atoms with van der Waals surface area (Å²) in [4.78, 5) is 10.7. The third-order valence-corrected chi connectivity index (χ3v) is 3.02. The maximum absolute atomic E-state index is 10.7. The van der Waals surface area contributed by atoms with Gasteiger partial charge in [-0.25, -0.2) is 0 Å². The summed E-state index contributed by atoms with van der Waals surface area (Å²) in [5.41, 5.74) is 2.63. The SMILES string of the molecule is CC(=O)CCSCc1ccc(C)cc1. The van der Waals surface area contributed by atoms with Crippen LogP contribution in [0.1, 0.15) is 24.5 Å². The van der Waals surface area contributed by atoms with Crippen LogP contribution < -0.4 is 0 Å². The first kappa shape index (κ1) is 11.3. The molecule has 0 unspecified atom stereocenters. The van der Waals surface area contributed by atoms with E-state index in [1.807, 2.05) is 11.8 Å². The van der Waals surface area contributed by atoms with E-state index in [4.69, 9.17) is 0 Å². The van der Waals surface area contributed by atoms with Crippen molar-refractivity contribution in [2.75, 3.05) is 5.75 Å². The van der Waals surface area contributed by atoms with E-state index < -0.39 is 0 Å². The van der Waals surface area contributed by atoms with Gasteiger partial charge in [0.25, 0.3) is 0 Å². The van der Waals surface area contributed by atoms with Crippen LogP contribution >= 0.6 is 11.8 Å². The minimum absolute atomic E-state index is 0.279. The molecule has 14 heavy (non-hydrogen) atoms. The highest BCUT2D eigenvalue weighted by molar-refractivity contribution is 7.98. The molecule has 1 aromatic rings. The molecule has 1 rings (SSSR count). The van der Waals surface area contributed by atoms with E-state index in [1.165, 1.54) is 11.1 Å². The van der Waals surface area contributed by atoms with Gasteiger partial charge in [-0.15, -0.1) is 0 Å². The fourth-order valence-electron chi connectivity index (χ4n) is 1.09. The number of hydrogen-bond donors (Lipinski definition) is 0. The van der Waals surface area contributed by atoms with E-state index in [1.54, 1.807) is 6.92 Å². The van der Waals surface area contributed by atoms with Crippen molar-refractivity contribution in [2.24, 2.45) is 0 Å².